The second-order valence-electron chi connectivity index (χ2n) is 6.58. The van der Waals surface area contributed by atoms with Crippen molar-refractivity contribution in [3.8, 4) is 5.69 Å². The molecule has 11 heteroatoms. The van der Waals surface area contributed by atoms with Crippen LogP contribution in [0.15, 0.2) is 64.7 Å². The maximum atomic E-state index is 12.7. The van der Waals surface area contributed by atoms with Gasteiger partial charge in [-0.3, -0.25) is 9.59 Å². The second kappa shape index (κ2) is 9.46. The molecule has 0 atom stereocenters. The molecule has 0 spiro atoms. The van der Waals surface area contributed by atoms with Gasteiger partial charge in [0.25, 0.3) is 5.56 Å². The van der Waals surface area contributed by atoms with Crippen molar-refractivity contribution in [2.45, 2.75) is 25.3 Å². The second-order valence-corrected chi connectivity index (χ2v) is 8.95. The molecule has 0 fully saturated rings. The number of aromatic nitrogens is 3. The quantitative estimate of drug-likeness (QED) is 0.552. The van der Waals surface area contributed by atoms with E-state index in [4.69, 9.17) is 11.6 Å². The molecule has 2 aromatic heterocycles. The minimum absolute atomic E-state index is 0.0522. The van der Waals surface area contributed by atoms with Gasteiger partial charge in [0.1, 0.15) is 6.54 Å². The van der Waals surface area contributed by atoms with Crippen LogP contribution in [-0.2, 0) is 21.4 Å². The Morgan fingerprint density at radius 2 is 1.94 bits per heavy atom. The lowest BCUT2D eigenvalue weighted by molar-refractivity contribution is -0.116. The lowest BCUT2D eigenvalue weighted by Gasteiger charge is -2.19. The number of sulfonamides is 1. The number of halogens is 1. The zero-order valence-corrected chi connectivity index (χ0v) is 18.6. The standard InChI is InChI=1S/C20H22ClN5O4S/c1-3-25(4-2)31(29,30)16-7-9-20(28)24(13-16)14-19(27)23-17-12-15(21)6-8-18(17)26-11-5-10-22-26/h5-13H,3-4,14H2,1-2H3,(H,23,27). The molecule has 0 aliphatic carbocycles. The molecule has 164 valence electrons. The van der Waals surface area contributed by atoms with Crippen molar-refractivity contribution in [1.82, 2.24) is 18.7 Å². The molecule has 0 radical (unpaired) electrons. The monoisotopic (exact) mass is 463 g/mol. The normalized spacial score (nSPS) is 11.6. The van der Waals surface area contributed by atoms with E-state index in [-0.39, 0.29) is 11.4 Å². The molecule has 9 nitrogen and oxygen atoms in total. The highest BCUT2D eigenvalue weighted by Gasteiger charge is 2.22. The number of benzene rings is 1. The topological polar surface area (TPSA) is 106 Å². The lowest BCUT2D eigenvalue weighted by atomic mass is 10.2. The average molecular weight is 464 g/mol. The van der Waals surface area contributed by atoms with Crippen LogP contribution in [-0.4, -0.2) is 46.1 Å². The molecule has 3 aromatic rings. The van der Waals surface area contributed by atoms with Gasteiger partial charge in [-0.25, -0.2) is 13.1 Å². The van der Waals surface area contributed by atoms with Crippen molar-refractivity contribution < 1.29 is 13.2 Å². The minimum atomic E-state index is -3.76. The minimum Gasteiger partial charge on any atom is -0.323 e. The van der Waals surface area contributed by atoms with Gasteiger partial charge in [-0.05, 0) is 30.3 Å². The van der Waals surface area contributed by atoms with Crippen LogP contribution < -0.4 is 10.9 Å². The number of pyridine rings is 1. The molecule has 0 aliphatic heterocycles. The Hall–Kier alpha value is -2.95. The van der Waals surface area contributed by atoms with E-state index in [1.807, 2.05) is 0 Å². The fraction of sp³-hybridized carbons (Fsp3) is 0.250. The number of rotatable bonds is 8. The van der Waals surface area contributed by atoms with Crippen LogP contribution in [0.4, 0.5) is 5.69 Å². The Morgan fingerprint density at radius 1 is 1.19 bits per heavy atom. The maximum absolute atomic E-state index is 12.7. The Kier molecular flexibility index (Phi) is 6.94. The van der Waals surface area contributed by atoms with Gasteiger partial charge in [-0.1, -0.05) is 25.4 Å². The number of hydrogen-bond donors (Lipinski definition) is 1. The molecule has 0 bridgehead atoms. The predicted molar refractivity (Wildman–Crippen MR) is 118 cm³/mol. The summed E-state index contributed by atoms with van der Waals surface area (Å²) in [5.41, 5.74) is 0.501. The van der Waals surface area contributed by atoms with Crippen LogP contribution in [0.5, 0.6) is 0 Å². The Balaban J connectivity index is 1.87. The van der Waals surface area contributed by atoms with E-state index in [2.05, 4.69) is 10.4 Å². The number of carbonyl (C=O) groups is 1. The van der Waals surface area contributed by atoms with Crippen molar-refractivity contribution in [2.24, 2.45) is 0 Å². The molecule has 2 heterocycles. The zero-order chi connectivity index (χ0) is 22.6. The van der Waals surface area contributed by atoms with Gasteiger partial charge < -0.3 is 9.88 Å². The van der Waals surface area contributed by atoms with Crippen LogP contribution in [0.3, 0.4) is 0 Å². The highest BCUT2D eigenvalue weighted by atomic mass is 35.5. The van der Waals surface area contributed by atoms with Gasteiger partial charge in [0.2, 0.25) is 15.9 Å². The predicted octanol–water partition coefficient (Wildman–Crippen LogP) is 2.36. The first kappa shape index (κ1) is 22.7. The maximum Gasteiger partial charge on any atom is 0.251 e. The van der Waals surface area contributed by atoms with Gasteiger partial charge in [-0.2, -0.15) is 9.40 Å². The molecule has 3 rings (SSSR count). The van der Waals surface area contributed by atoms with Crippen molar-refractivity contribution in [3.63, 3.8) is 0 Å². The lowest BCUT2D eigenvalue weighted by Crippen LogP contribution is -2.33. The van der Waals surface area contributed by atoms with Crippen molar-refractivity contribution in [2.75, 3.05) is 18.4 Å². The molecule has 0 saturated carbocycles. The fourth-order valence-electron chi connectivity index (χ4n) is 3.06. The highest BCUT2D eigenvalue weighted by molar-refractivity contribution is 7.89. The van der Waals surface area contributed by atoms with Crippen molar-refractivity contribution in [3.05, 3.63) is 70.4 Å². The summed E-state index contributed by atoms with van der Waals surface area (Å²) in [7, 11) is -3.76. The zero-order valence-electron chi connectivity index (χ0n) is 17.0. The first-order valence-corrected chi connectivity index (χ1v) is 11.4. The molecule has 1 aromatic carbocycles. The molecular formula is C20H22ClN5O4S. The summed E-state index contributed by atoms with van der Waals surface area (Å²) in [5, 5.41) is 7.28. The van der Waals surface area contributed by atoms with Gasteiger partial charge in [-0.15, -0.1) is 0 Å². The van der Waals surface area contributed by atoms with E-state index in [1.165, 1.54) is 16.6 Å². The van der Waals surface area contributed by atoms with E-state index >= 15 is 0 Å². The van der Waals surface area contributed by atoms with Crippen LogP contribution in [0.2, 0.25) is 5.02 Å². The number of amides is 1. The van der Waals surface area contributed by atoms with Crippen molar-refractivity contribution in [1.29, 1.82) is 0 Å². The van der Waals surface area contributed by atoms with Crippen molar-refractivity contribution >= 4 is 33.2 Å². The highest BCUT2D eigenvalue weighted by Crippen LogP contribution is 2.24. The third-order valence-electron chi connectivity index (χ3n) is 4.60. The molecule has 0 unspecified atom stereocenters. The third kappa shape index (κ3) is 5.04. The molecule has 31 heavy (non-hydrogen) atoms. The summed E-state index contributed by atoms with van der Waals surface area (Å²) >= 11 is 6.07. The summed E-state index contributed by atoms with van der Waals surface area (Å²) in [6, 6.07) is 9.06. The number of anilines is 1. The van der Waals surface area contributed by atoms with Crippen LogP contribution in [0.25, 0.3) is 5.69 Å². The summed E-state index contributed by atoms with van der Waals surface area (Å²) in [4.78, 5) is 24.9. The Bertz CT molecular complexity index is 1230. The molecule has 0 aliphatic rings. The van der Waals surface area contributed by atoms with Gasteiger partial charge in [0.05, 0.1) is 16.3 Å². The average Bonchev–Trinajstić information content (AvgIpc) is 3.25. The summed E-state index contributed by atoms with van der Waals surface area (Å²) in [5.74, 6) is -0.518. The SMILES string of the molecule is CCN(CC)S(=O)(=O)c1ccc(=O)n(CC(=O)Nc2cc(Cl)ccc2-n2cccn2)c1. The fourth-order valence-corrected chi connectivity index (χ4v) is 4.71. The largest absolute Gasteiger partial charge is 0.323 e. The summed E-state index contributed by atoms with van der Waals surface area (Å²) < 4.78 is 29.4. The smallest absolute Gasteiger partial charge is 0.251 e. The van der Waals surface area contributed by atoms with Crippen LogP contribution in [0.1, 0.15) is 13.8 Å². The van der Waals surface area contributed by atoms with Crippen LogP contribution >= 0.6 is 11.6 Å². The van der Waals surface area contributed by atoms with Gasteiger partial charge in [0.15, 0.2) is 0 Å². The van der Waals surface area contributed by atoms with Gasteiger partial charge >= 0.3 is 0 Å². The molecule has 0 saturated heterocycles. The number of nitrogens with zero attached hydrogens (tertiary/aromatic N) is 4. The number of hydrogen-bond acceptors (Lipinski definition) is 5. The Morgan fingerprint density at radius 3 is 2.58 bits per heavy atom. The van der Waals surface area contributed by atoms with E-state index in [0.29, 0.717) is 29.5 Å². The van der Waals surface area contributed by atoms with E-state index < -0.39 is 21.5 Å². The van der Waals surface area contributed by atoms with E-state index in [0.717, 1.165) is 10.6 Å². The first-order chi connectivity index (χ1) is 14.8. The van der Waals surface area contributed by atoms with Gasteiger partial charge in [0, 0.05) is 42.8 Å². The van der Waals surface area contributed by atoms with Crippen LogP contribution in [0, 0.1) is 0 Å². The third-order valence-corrected chi connectivity index (χ3v) is 6.87. The van der Waals surface area contributed by atoms with E-state index in [9.17, 15) is 18.0 Å². The molecule has 1 N–H and O–H groups in total. The first-order valence-electron chi connectivity index (χ1n) is 9.56. The summed E-state index contributed by atoms with van der Waals surface area (Å²) in [6.45, 7) is 3.68. The number of nitrogens with one attached hydrogen (secondary N) is 1. The summed E-state index contributed by atoms with van der Waals surface area (Å²) in [6.07, 6.45) is 4.49. The van der Waals surface area contributed by atoms with E-state index in [1.54, 1.807) is 55.2 Å². The number of carbonyl (C=O) groups excluding carboxylic acids is 1. The molecular weight excluding hydrogens is 442 g/mol. The Labute approximate surface area is 184 Å². The molecule has 1 amide bonds.